The Morgan fingerprint density at radius 1 is 1.18 bits per heavy atom. The van der Waals surface area contributed by atoms with Crippen molar-refractivity contribution in [2.24, 2.45) is 5.41 Å². The standard InChI is InChI=1S/C17H21ClN2O2/c18-13-3-1-12(2-4-13)15-17(11-20(15)14-5-6-14)7-9-19(10-8-17)16(21)22/h1-4,14-15H,5-11H2,(H,21,22). The summed E-state index contributed by atoms with van der Waals surface area (Å²) in [7, 11) is 0. The minimum absolute atomic E-state index is 0.252. The number of benzene rings is 1. The molecule has 2 heterocycles. The number of likely N-dealkylation sites (tertiary alicyclic amines) is 2. The molecule has 1 aromatic carbocycles. The third-order valence-electron chi connectivity index (χ3n) is 5.64. The maximum Gasteiger partial charge on any atom is 0.407 e. The molecule has 1 unspecified atom stereocenters. The smallest absolute Gasteiger partial charge is 0.407 e. The summed E-state index contributed by atoms with van der Waals surface area (Å²) >= 11 is 6.03. The SMILES string of the molecule is O=C(O)N1CCC2(CC1)CN(C1CC1)C2c1ccc(Cl)cc1. The van der Waals surface area contributed by atoms with Crippen molar-refractivity contribution in [2.75, 3.05) is 19.6 Å². The Labute approximate surface area is 135 Å². The topological polar surface area (TPSA) is 43.8 Å². The fourth-order valence-corrected chi connectivity index (χ4v) is 4.42. The van der Waals surface area contributed by atoms with Crippen LogP contribution in [0.2, 0.25) is 5.02 Å². The molecule has 1 aromatic rings. The average Bonchev–Trinajstić information content (AvgIpc) is 3.32. The van der Waals surface area contributed by atoms with Gasteiger partial charge in [-0.3, -0.25) is 4.90 Å². The van der Waals surface area contributed by atoms with Crippen molar-refractivity contribution in [1.29, 1.82) is 0 Å². The van der Waals surface area contributed by atoms with Crippen LogP contribution < -0.4 is 0 Å². The first-order valence-electron chi connectivity index (χ1n) is 8.08. The fourth-order valence-electron chi connectivity index (χ4n) is 4.29. The summed E-state index contributed by atoms with van der Waals surface area (Å²) in [6, 6.07) is 9.41. The zero-order valence-corrected chi connectivity index (χ0v) is 13.3. The van der Waals surface area contributed by atoms with E-state index in [2.05, 4.69) is 17.0 Å². The summed E-state index contributed by atoms with van der Waals surface area (Å²) in [5.41, 5.74) is 1.59. The molecule has 4 nitrogen and oxygen atoms in total. The second kappa shape index (κ2) is 5.14. The lowest BCUT2D eigenvalue weighted by Crippen LogP contribution is -2.63. The molecule has 1 N–H and O–H groups in total. The van der Waals surface area contributed by atoms with Crippen LogP contribution in [0.25, 0.3) is 0 Å². The minimum atomic E-state index is -0.781. The van der Waals surface area contributed by atoms with Gasteiger partial charge in [-0.25, -0.2) is 4.79 Å². The summed E-state index contributed by atoms with van der Waals surface area (Å²) in [6.45, 7) is 2.45. The third kappa shape index (κ3) is 2.29. The van der Waals surface area contributed by atoms with Crippen LogP contribution in [0.4, 0.5) is 4.79 Å². The lowest BCUT2D eigenvalue weighted by Gasteiger charge is -2.61. The molecule has 1 spiro atoms. The molecule has 2 saturated heterocycles. The van der Waals surface area contributed by atoms with Crippen LogP contribution >= 0.6 is 11.6 Å². The lowest BCUT2D eigenvalue weighted by atomic mass is 9.63. The van der Waals surface area contributed by atoms with E-state index >= 15 is 0 Å². The van der Waals surface area contributed by atoms with Crippen molar-refractivity contribution < 1.29 is 9.90 Å². The molecule has 22 heavy (non-hydrogen) atoms. The van der Waals surface area contributed by atoms with E-state index in [1.807, 2.05) is 12.1 Å². The Bertz CT molecular complexity index is 577. The zero-order chi connectivity index (χ0) is 15.3. The van der Waals surface area contributed by atoms with Gasteiger partial charge >= 0.3 is 6.09 Å². The van der Waals surface area contributed by atoms with Gasteiger partial charge in [-0.15, -0.1) is 0 Å². The summed E-state index contributed by atoms with van der Waals surface area (Å²) in [5, 5.41) is 9.94. The van der Waals surface area contributed by atoms with E-state index in [1.165, 1.54) is 18.4 Å². The second-order valence-corrected chi connectivity index (χ2v) is 7.43. The number of hydrogen-bond donors (Lipinski definition) is 1. The quantitative estimate of drug-likeness (QED) is 0.905. The van der Waals surface area contributed by atoms with Crippen LogP contribution in [-0.4, -0.2) is 46.7 Å². The number of piperidine rings is 1. The molecule has 4 rings (SSSR count). The third-order valence-corrected chi connectivity index (χ3v) is 5.89. The van der Waals surface area contributed by atoms with Gasteiger partial charge in [-0.2, -0.15) is 0 Å². The average molecular weight is 321 g/mol. The van der Waals surface area contributed by atoms with E-state index in [0.717, 1.165) is 30.5 Å². The van der Waals surface area contributed by atoms with Crippen molar-refractivity contribution in [3.05, 3.63) is 34.9 Å². The summed E-state index contributed by atoms with van der Waals surface area (Å²) < 4.78 is 0. The Kier molecular flexibility index (Phi) is 3.35. The van der Waals surface area contributed by atoms with Crippen LogP contribution in [0.3, 0.4) is 0 Å². The summed E-state index contributed by atoms with van der Waals surface area (Å²) in [5.74, 6) is 0. The van der Waals surface area contributed by atoms with Crippen molar-refractivity contribution in [2.45, 2.75) is 37.8 Å². The van der Waals surface area contributed by atoms with Crippen molar-refractivity contribution in [3.8, 4) is 0 Å². The first kappa shape index (κ1) is 14.3. The van der Waals surface area contributed by atoms with E-state index in [9.17, 15) is 4.79 Å². The van der Waals surface area contributed by atoms with Crippen molar-refractivity contribution in [3.63, 3.8) is 0 Å². The van der Waals surface area contributed by atoms with Crippen LogP contribution in [0.5, 0.6) is 0 Å². The summed E-state index contributed by atoms with van der Waals surface area (Å²) in [6.07, 6.45) is 3.77. The van der Waals surface area contributed by atoms with Gasteiger partial charge in [0.15, 0.2) is 0 Å². The van der Waals surface area contributed by atoms with Gasteiger partial charge in [0.1, 0.15) is 0 Å². The Hall–Kier alpha value is -1.26. The number of amides is 1. The normalized spacial score (nSPS) is 27.7. The molecule has 0 bridgehead atoms. The molecule has 0 radical (unpaired) electrons. The van der Waals surface area contributed by atoms with E-state index in [-0.39, 0.29) is 5.41 Å². The molecule has 118 valence electrons. The zero-order valence-electron chi connectivity index (χ0n) is 12.5. The maximum atomic E-state index is 11.1. The number of hydrogen-bond acceptors (Lipinski definition) is 2. The van der Waals surface area contributed by atoms with E-state index < -0.39 is 6.09 Å². The van der Waals surface area contributed by atoms with Gasteiger partial charge in [0, 0.05) is 42.2 Å². The van der Waals surface area contributed by atoms with Gasteiger partial charge in [0.05, 0.1) is 0 Å². The van der Waals surface area contributed by atoms with Crippen LogP contribution in [0.15, 0.2) is 24.3 Å². The van der Waals surface area contributed by atoms with Gasteiger partial charge in [-0.05, 0) is 43.4 Å². The number of carbonyl (C=O) groups is 1. The van der Waals surface area contributed by atoms with Gasteiger partial charge < -0.3 is 10.0 Å². The van der Waals surface area contributed by atoms with Crippen molar-refractivity contribution in [1.82, 2.24) is 9.80 Å². The highest BCUT2D eigenvalue weighted by Crippen LogP contribution is 2.58. The molecular formula is C17H21ClN2O2. The Balaban J connectivity index is 1.57. The molecule has 3 aliphatic rings. The predicted molar refractivity (Wildman–Crippen MR) is 85.2 cm³/mol. The minimum Gasteiger partial charge on any atom is -0.465 e. The predicted octanol–water partition coefficient (Wildman–Crippen LogP) is 3.62. The highest BCUT2D eigenvalue weighted by molar-refractivity contribution is 6.30. The number of halogens is 1. The number of rotatable bonds is 2. The molecule has 0 aromatic heterocycles. The monoisotopic (exact) mass is 320 g/mol. The molecule has 5 heteroatoms. The molecule has 1 amide bonds. The van der Waals surface area contributed by atoms with E-state index in [1.54, 1.807) is 4.90 Å². The number of nitrogens with zero attached hydrogens (tertiary/aromatic N) is 2. The highest BCUT2D eigenvalue weighted by atomic mass is 35.5. The summed E-state index contributed by atoms with van der Waals surface area (Å²) in [4.78, 5) is 15.3. The van der Waals surface area contributed by atoms with E-state index in [4.69, 9.17) is 16.7 Å². The van der Waals surface area contributed by atoms with E-state index in [0.29, 0.717) is 19.1 Å². The second-order valence-electron chi connectivity index (χ2n) is 6.99. The molecule has 1 aliphatic carbocycles. The molecule has 2 aliphatic heterocycles. The first-order chi connectivity index (χ1) is 10.6. The fraction of sp³-hybridized carbons (Fsp3) is 0.588. The van der Waals surface area contributed by atoms with Crippen LogP contribution in [0, 0.1) is 5.41 Å². The van der Waals surface area contributed by atoms with Gasteiger partial charge in [-0.1, -0.05) is 23.7 Å². The molecule has 3 fully saturated rings. The first-order valence-corrected chi connectivity index (χ1v) is 8.46. The number of carboxylic acid groups (broad SMARTS) is 1. The highest BCUT2D eigenvalue weighted by Gasteiger charge is 2.57. The van der Waals surface area contributed by atoms with Crippen molar-refractivity contribution >= 4 is 17.7 Å². The van der Waals surface area contributed by atoms with Gasteiger partial charge in [0.2, 0.25) is 0 Å². The molecule has 1 saturated carbocycles. The largest absolute Gasteiger partial charge is 0.465 e. The Morgan fingerprint density at radius 3 is 2.36 bits per heavy atom. The molecule has 1 atom stereocenters. The maximum absolute atomic E-state index is 11.1. The lowest BCUT2D eigenvalue weighted by molar-refractivity contribution is -0.114. The Morgan fingerprint density at radius 2 is 1.82 bits per heavy atom. The van der Waals surface area contributed by atoms with Crippen LogP contribution in [-0.2, 0) is 0 Å². The van der Waals surface area contributed by atoms with Crippen LogP contribution in [0.1, 0.15) is 37.3 Å². The molecular weight excluding hydrogens is 300 g/mol. The van der Waals surface area contributed by atoms with Gasteiger partial charge in [0.25, 0.3) is 0 Å².